The Morgan fingerprint density at radius 2 is 1.11 bits per heavy atom. The van der Waals surface area contributed by atoms with Crippen LogP contribution in [0.5, 0.6) is 11.5 Å². The van der Waals surface area contributed by atoms with Gasteiger partial charge in [-0.15, -0.1) is 0 Å². The second-order valence-electron chi connectivity index (χ2n) is 8.49. The highest BCUT2D eigenvalue weighted by Crippen LogP contribution is 2.39. The lowest BCUT2D eigenvalue weighted by Crippen LogP contribution is -2.36. The summed E-state index contributed by atoms with van der Waals surface area (Å²) in [6, 6.07) is 2.97. The normalized spacial score (nSPS) is 23.8. The lowest BCUT2D eigenvalue weighted by molar-refractivity contribution is -0.136. The van der Waals surface area contributed by atoms with Crippen LogP contribution in [0.3, 0.4) is 0 Å². The van der Waals surface area contributed by atoms with Crippen LogP contribution in [-0.2, 0) is 20.4 Å². The van der Waals surface area contributed by atoms with Gasteiger partial charge in [-0.05, 0) is 6.07 Å². The van der Waals surface area contributed by atoms with Gasteiger partial charge in [0.2, 0.25) is 0 Å². The van der Waals surface area contributed by atoms with Gasteiger partial charge in [-0.2, -0.15) is 13.2 Å². The first kappa shape index (κ1) is 26.7. The Hall–Kier alpha value is -2.38. The van der Waals surface area contributed by atoms with Crippen molar-refractivity contribution in [2.75, 3.05) is 92.1 Å². The van der Waals surface area contributed by atoms with E-state index in [0.717, 1.165) is 0 Å². The summed E-state index contributed by atoms with van der Waals surface area (Å²) >= 11 is 0. The number of nitrogens with zero attached hydrogens (tertiary/aromatic N) is 2. The fraction of sp³-hybridized carbons (Fsp3) is 0.625. The molecule has 36 heavy (non-hydrogen) atoms. The van der Waals surface area contributed by atoms with Gasteiger partial charge < -0.3 is 28.1 Å². The van der Waals surface area contributed by atoms with Gasteiger partial charge >= 0.3 is 11.8 Å². The zero-order valence-electron chi connectivity index (χ0n) is 20.0. The maximum atomic E-state index is 13.6. The second kappa shape index (κ2) is 12.7. The van der Waals surface area contributed by atoms with Crippen LogP contribution >= 0.6 is 0 Å². The van der Waals surface area contributed by atoms with Crippen molar-refractivity contribution in [2.24, 2.45) is 0 Å². The van der Waals surface area contributed by atoms with E-state index in [1.165, 1.54) is 12.1 Å². The Kier molecular flexibility index (Phi) is 9.43. The standard InChI is InChI=1S/C24H31F3N2O7/c25-24(26,27)19-16-23(30)36-20-17-22-21(15-18(19)20)34-11-5-28-1-7-31-8-2-29(6-12-35-22)4-10-33-14-13-32-9-3-28/h15-17H,1-14H2. The SMILES string of the molecule is O=c1cc(C(F)(F)F)c2cc3c(cc2o1)OCCN1CCOCCOCCN(CCOCC1)CCO3. The van der Waals surface area contributed by atoms with Gasteiger partial charge in [0.25, 0.3) is 0 Å². The lowest BCUT2D eigenvalue weighted by atomic mass is 10.1. The van der Waals surface area contributed by atoms with Gasteiger partial charge in [0, 0.05) is 56.8 Å². The van der Waals surface area contributed by atoms with Crippen LogP contribution in [0.25, 0.3) is 11.0 Å². The topological polar surface area (TPSA) is 82.8 Å². The lowest BCUT2D eigenvalue weighted by Gasteiger charge is -2.23. The summed E-state index contributed by atoms with van der Waals surface area (Å²) in [5.74, 6) is 0.364. The number of hydrogen-bond acceptors (Lipinski definition) is 9. The van der Waals surface area contributed by atoms with E-state index < -0.39 is 17.4 Å². The molecule has 2 aromatic rings. The molecule has 2 aliphatic heterocycles. The molecule has 3 heterocycles. The van der Waals surface area contributed by atoms with Gasteiger partial charge in [-0.25, -0.2) is 4.79 Å². The third kappa shape index (κ3) is 7.56. The number of alkyl halides is 3. The first-order valence-electron chi connectivity index (χ1n) is 12.0. The molecule has 9 nitrogen and oxygen atoms in total. The minimum Gasteiger partial charge on any atom is -0.488 e. The van der Waals surface area contributed by atoms with Crippen molar-refractivity contribution in [3.63, 3.8) is 0 Å². The van der Waals surface area contributed by atoms with Gasteiger partial charge in [0.15, 0.2) is 11.5 Å². The number of hydrogen-bond donors (Lipinski definition) is 0. The van der Waals surface area contributed by atoms with Crippen LogP contribution in [0.15, 0.2) is 27.4 Å². The molecule has 12 heteroatoms. The van der Waals surface area contributed by atoms with Crippen molar-refractivity contribution in [3.05, 3.63) is 34.2 Å². The van der Waals surface area contributed by atoms with E-state index in [1.807, 2.05) is 0 Å². The maximum absolute atomic E-state index is 13.6. The molecule has 2 atom stereocenters. The van der Waals surface area contributed by atoms with Crippen molar-refractivity contribution >= 4 is 11.0 Å². The predicted molar refractivity (Wildman–Crippen MR) is 124 cm³/mol. The molecule has 1 fully saturated rings. The van der Waals surface area contributed by atoms with E-state index in [4.69, 9.17) is 28.1 Å². The van der Waals surface area contributed by atoms with Gasteiger partial charge in [-0.3, -0.25) is 9.80 Å². The highest BCUT2D eigenvalue weighted by molar-refractivity contribution is 5.84. The molecule has 1 aromatic heterocycles. The first-order valence-corrected chi connectivity index (χ1v) is 12.0. The molecule has 2 bridgehead atoms. The fourth-order valence-corrected chi connectivity index (χ4v) is 4.07. The largest absolute Gasteiger partial charge is 0.488 e. The Morgan fingerprint density at radius 3 is 1.64 bits per heavy atom. The summed E-state index contributed by atoms with van der Waals surface area (Å²) in [6.45, 7) is 7.23. The highest BCUT2D eigenvalue weighted by Gasteiger charge is 2.34. The summed E-state index contributed by atoms with van der Waals surface area (Å²) in [5, 5.41) is -0.262. The van der Waals surface area contributed by atoms with Crippen LogP contribution in [0.1, 0.15) is 5.56 Å². The third-order valence-electron chi connectivity index (χ3n) is 6.02. The number of halogens is 3. The molecule has 0 saturated carbocycles. The molecule has 2 aliphatic rings. The maximum Gasteiger partial charge on any atom is 0.417 e. The van der Waals surface area contributed by atoms with Crippen molar-refractivity contribution in [3.8, 4) is 11.5 Å². The minimum atomic E-state index is -4.73. The number of benzene rings is 1. The average Bonchev–Trinajstić information content (AvgIpc) is 2.84. The zero-order valence-corrected chi connectivity index (χ0v) is 20.0. The van der Waals surface area contributed by atoms with Crippen LogP contribution in [0.2, 0.25) is 0 Å². The monoisotopic (exact) mass is 516 g/mol. The molecular formula is C24H31F3N2O7. The van der Waals surface area contributed by atoms with Crippen LogP contribution in [0, 0.1) is 0 Å². The zero-order chi connectivity index (χ0) is 25.4. The van der Waals surface area contributed by atoms with E-state index in [2.05, 4.69) is 9.80 Å². The fourth-order valence-electron chi connectivity index (χ4n) is 4.07. The molecule has 2 unspecified atom stereocenters. The Bertz CT molecular complexity index is 1050. The quantitative estimate of drug-likeness (QED) is 0.387. The number of fused-ring (bicyclic) bond motifs is 8. The summed E-state index contributed by atoms with van der Waals surface area (Å²) in [6.07, 6.45) is -4.73. The molecule has 0 amide bonds. The van der Waals surface area contributed by atoms with Crippen molar-refractivity contribution in [1.82, 2.24) is 9.80 Å². The van der Waals surface area contributed by atoms with Crippen LogP contribution < -0.4 is 15.1 Å². The summed E-state index contributed by atoms with van der Waals surface area (Å²) in [5.41, 5.74) is -2.37. The molecule has 4 rings (SSSR count). The van der Waals surface area contributed by atoms with Crippen molar-refractivity contribution in [1.29, 1.82) is 0 Å². The van der Waals surface area contributed by atoms with Gasteiger partial charge in [0.05, 0.1) is 45.2 Å². The van der Waals surface area contributed by atoms with E-state index in [1.54, 1.807) is 0 Å². The number of rotatable bonds is 0. The highest BCUT2D eigenvalue weighted by atomic mass is 19.4. The molecule has 0 radical (unpaired) electrons. The Morgan fingerprint density at radius 1 is 0.639 bits per heavy atom. The smallest absolute Gasteiger partial charge is 0.417 e. The van der Waals surface area contributed by atoms with E-state index >= 15 is 0 Å². The van der Waals surface area contributed by atoms with Gasteiger partial charge in [0.1, 0.15) is 18.8 Å². The van der Waals surface area contributed by atoms with Crippen molar-refractivity contribution in [2.45, 2.75) is 6.18 Å². The second-order valence-corrected chi connectivity index (χ2v) is 8.49. The molecule has 1 aromatic carbocycles. The molecule has 0 aliphatic carbocycles. The summed E-state index contributed by atoms with van der Waals surface area (Å²) in [7, 11) is 0. The Balaban J connectivity index is 1.65. The molecule has 0 N–H and O–H groups in total. The first-order chi connectivity index (χ1) is 17.4. The molecule has 200 valence electrons. The van der Waals surface area contributed by atoms with E-state index in [-0.39, 0.29) is 35.7 Å². The summed E-state index contributed by atoms with van der Waals surface area (Å²) < 4.78 is 75.0. The average molecular weight is 517 g/mol. The molecule has 0 spiro atoms. The predicted octanol–water partition coefficient (Wildman–Crippen LogP) is 2.25. The third-order valence-corrected chi connectivity index (χ3v) is 6.02. The molecular weight excluding hydrogens is 485 g/mol. The van der Waals surface area contributed by atoms with E-state index in [9.17, 15) is 18.0 Å². The molecule has 1 saturated heterocycles. The van der Waals surface area contributed by atoms with Crippen LogP contribution in [0.4, 0.5) is 13.2 Å². The van der Waals surface area contributed by atoms with Gasteiger partial charge in [-0.1, -0.05) is 0 Å². The summed E-state index contributed by atoms with van der Waals surface area (Å²) in [4.78, 5) is 16.1. The number of ether oxygens (including phenoxy) is 5. The van der Waals surface area contributed by atoms with Crippen molar-refractivity contribution < 1.29 is 41.3 Å². The minimum absolute atomic E-state index is 0.153. The Labute approximate surface area is 206 Å². The van der Waals surface area contributed by atoms with E-state index in [0.29, 0.717) is 85.0 Å². The van der Waals surface area contributed by atoms with Crippen LogP contribution in [-0.4, -0.2) is 102 Å².